The molecule has 0 spiro atoms. The van der Waals surface area contributed by atoms with Gasteiger partial charge in [0.1, 0.15) is 5.75 Å². The van der Waals surface area contributed by atoms with Gasteiger partial charge in [-0.05, 0) is 6.07 Å². The van der Waals surface area contributed by atoms with Gasteiger partial charge in [-0.2, -0.15) is 0 Å². The second-order valence-corrected chi connectivity index (χ2v) is 2.99. The van der Waals surface area contributed by atoms with Crippen molar-refractivity contribution in [3.05, 3.63) is 30.5 Å². The highest BCUT2D eigenvalue weighted by atomic mass is 16.4. The second kappa shape index (κ2) is 3.28. The van der Waals surface area contributed by atoms with Crippen LogP contribution < -0.4 is 5.46 Å². The summed E-state index contributed by atoms with van der Waals surface area (Å²) in [4.78, 5) is 3.93. The summed E-state index contributed by atoms with van der Waals surface area (Å²) in [5, 5.41) is 27.9. The number of para-hydroxylation sites is 1. The van der Waals surface area contributed by atoms with Gasteiger partial charge in [0, 0.05) is 10.8 Å². The first kappa shape index (κ1) is 8.99. The van der Waals surface area contributed by atoms with Gasteiger partial charge in [-0.25, -0.2) is 0 Å². The van der Waals surface area contributed by atoms with E-state index in [-0.39, 0.29) is 5.75 Å². The lowest BCUT2D eigenvalue weighted by molar-refractivity contribution is 0.426. The normalized spacial score (nSPS) is 10.4. The Balaban J connectivity index is 2.75. The number of benzene rings is 1. The molecule has 3 N–H and O–H groups in total. The molecule has 0 aliphatic heterocycles. The Bertz CT molecular complexity index is 473. The zero-order valence-corrected chi connectivity index (χ0v) is 7.25. The number of aromatic nitrogens is 1. The molecule has 0 saturated carbocycles. The van der Waals surface area contributed by atoms with Gasteiger partial charge in [0.25, 0.3) is 0 Å². The molecule has 0 fully saturated rings. The topological polar surface area (TPSA) is 73.6 Å². The third-order valence-electron chi connectivity index (χ3n) is 2.01. The fourth-order valence-corrected chi connectivity index (χ4v) is 1.38. The summed E-state index contributed by atoms with van der Waals surface area (Å²) in [6.07, 6.45) is 1.27. The Labute approximate surface area is 80.6 Å². The number of pyridine rings is 1. The summed E-state index contributed by atoms with van der Waals surface area (Å²) in [6, 6.07) is 6.53. The summed E-state index contributed by atoms with van der Waals surface area (Å²) in [5.74, 6) is 0.0575. The molecule has 0 aliphatic rings. The van der Waals surface area contributed by atoms with Crippen LogP contribution in [0.2, 0.25) is 0 Å². The number of fused-ring (bicyclic) bond motifs is 1. The average Bonchev–Trinajstić information content (AvgIpc) is 2.16. The van der Waals surface area contributed by atoms with Crippen molar-refractivity contribution in [2.75, 3.05) is 0 Å². The van der Waals surface area contributed by atoms with Crippen LogP contribution in [0.1, 0.15) is 0 Å². The van der Waals surface area contributed by atoms with E-state index < -0.39 is 7.12 Å². The van der Waals surface area contributed by atoms with Crippen LogP contribution in [0, 0.1) is 0 Å². The lowest BCUT2D eigenvalue weighted by Crippen LogP contribution is -2.30. The summed E-state index contributed by atoms with van der Waals surface area (Å²) >= 11 is 0. The van der Waals surface area contributed by atoms with Crippen LogP contribution in [-0.2, 0) is 0 Å². The van der Waals surface area contributed by atoms with Crippen LogP contribution in [0.15, 0.2) is 30.5 Å². The van der Waals surface area contributed by atoms with E-state index in [0.717, 1.165) is 0 Å². The molecule has 0 bridgehead atoms. The van der Waals surface area contributed by atoms with E-state index in [2.05, 4.69) is 4.98 Å². The number of aromatic hydroxyl groups is 1. The van der Waals surface area contributed by atoms with E-state index in [1.165, 1.54) is 12.3 Å². The molecule has 70 valence electrons. The summed E-state index contributed by atoms with van der Waals surface area (Å²) in [5.41, 5.74) is 0.822. The van der Waals surface area contributed by atoms with Gasteiger partial charge in [-0.1, -0.05) is 18.2 Å². The van der Waals surface area contributed by atoms with Gasteiger partial charge in [-0.3, -0.25) is 4.98 Å². The molecular formula is C9H8BNO3. The van der Waals surface area contributed by atoms with Crippen LogP contribution in [0.3, 0.4) is 0 Å². The molecule has 0 atom stereocenters. The van der Waals surface area contributed by atoms with Crippen LogP contribution in [0.5, 0.6) is 5.75 Å². The fourth-order valence-electron chi connectivity index (χ4n) is 1.38. The minimum absolute atomic E-state index is 0.0575. The first-order valence-corrected chi connectivity index (χ1v) is 4.12. The maximum absolute atomic E-state index is 9.17. The molecule has 0 aliphatic carbocycles. The third kappa shape index (κ3) is 1.43. The molecule has 0 radical (unpaired) electrons. The van der Waals surface area contributed by atoms with Crippen LogP contribution in [0.25, 0.3) is 10.9 Å². The molecule has 2 rings (SSSR count). The minimum Gasteiger partial charge on any atom is -0.506 e. The highest BCUT2D eigenvalue weighted by Gasteiger charge is 2.15. The summed E-state index contributed by atoms with van der Waals surface area (Å²) < 4.78 is 0. The lowest BCUT2D eigenvalue weighted by atomic mass is 9.79. The average molecular weight is 189 g/mol. The lowest BCUT2D eigenvalue weighted by Gasteiger charge is -2.04. The first-order valence-electron chi connectivity index (χ1n) is 4.12. The Hall–Kier alpha value is -1.59. The van der Waals surface area contributed by atoms with Gasteiger partial charge < -0.3 is 15.2 Å². The Morgan fingerprint density at radius 1 is 1.21 bits per heavy atom. The molecule has 0 unspecified atom stereocenters. The van der Waals surface area contributed by atoms with E-state index in [4.69, 9.17) is 10.0 Å². The molecule has 1 aromatic heterocycles. The van der Waals surface area contributed by atoms with Crippen molar-refractivity contribution < 1.29 is 15.2 Å². The van der Waals surface area contributed by atoms with E-state index in [1.807, 2.05) is 0 Å². The SMILES string of the molecule is OB(O)c1cccc2cc(O)cnc12. The van der Waals surface area contributed by atoms with Gasteiger partial charge in [0.15, 0.2) is 0 Å². The smallest absolute Gasteiger partial charge is 0.490 e. The van der Waals surface area contributed by atoms with E-state index in [0.29, 0.717) is 16.4 Å². The van der Waals surface area contributed by atoms with Gasteiger partial charge in [-0.15, -0.1) is 0 Å². The molecule has 4 nitrogen and oxygen atoms in total. The molecule has 0 saturated heterocycles. The molecule has 14 heavy (non-hydrogen) atoms. The quantitative estimate of drug-likeness (QED) is 0.534. The largest absolute Gasteiger partial charge is 0.506 e. The van der Waals surface area contributed by atoms with Crippen molar-refractivity contribution in [1.82, 2.24) is 4.98 Å². The molecule has 1 aromatic carbocycles. The van der Waals surface area contributed by atoms with E-state index >= 15 is 0 Å². The monoisotopic (exact) mass is 189 g/mol. The van der Waals surface area contributed by atoms with Crippen LogP contribution in [-0.4, -0.2) is 27.3 Å². The molecule has 1 heterocycles. The van der Waals surface area contributed by atoms with Crippen LogP contribution in [0.4, 0.5) is 0 Å². The number of hydrogen-bond acceptors (Lipinski definition) is 4. The van der Waals surface area contributed by atoms with Gasteiger partial charge in [0.05, 0.1) is 11.7 Å². The number of rotatable bonds is 1. The molecule has 2 aromatic rings. The minimum atomic E-state index is -1.55. The zero-order valence-electron chi connectivity index (χ0n) is 7.25. The van der Waals surface area contributed by atoms with Gasteiger partial charge in [0.2, 0.25) is 0 Å². The van der Waals surface area contributed by atoms with Crippen molar-refractivity contribution in [3.63, 3.8) is 0 Å². The standard InChI is InChI=1S/C9H8BNO3/c12-7-4-6-2-1-3-8(10(13)14)9(6)11-5-7/h1-5,12-14H. The Morgan fingerprint density at radius 3 is 2.71 bits per heavy atom. The van der Waals surface area contributed by atoms with Gasteiger partial charge >= 0.3 is 7.12 Å². The highest BCUT2D eigenvalue weighted by molar-refractivity contribution is 6.61. The van der Waals surface area contributed by atoms with E-state index in [1.54, 1.807) is 18.2 Å². The fraction of sp³-hybridized carbons (Fsp3) is 0. The summed E-state index contributed by atoms with van der Waals surface area (Å²) in [7, 11) is -1.55. The van der Waals surface area contributed by atoms with E-state index in [9.17, 15) is 5.11 Å². The van der Waals surface area contributed by atoms with Crippen molar-refractivity contribution >= 4 is 23.5 Å². The molecule has 0 amide bonds. The van der Waals surface area contributed by atoms with Crippen molar-refractivity contribution in [2.45, 2.75) is 0 Å². The first-order chi connectivity index (χ1) is 6.68. The Kier molecular flexibility index (Phi) is 2.11. The summed E-state index contributed by atoms with van der Waals surface area (Å²) in [6.45, 7) is 0. The molecule has 5 heteroatoms. The van der Waals surface area contributed by atoms with Crippen molar-refractivity contribution in [2.24, 2.45) is 0 Å². The maximum atomic E-state index is 9.17. The number of hydrogen-bond donors (Lipinski definition) is 3. The van der Waals surface area contributed by atoms with Crippen LogP contribution >= 0.6 is 0 Å². The maximum Gasteiger partial charge on any atom is 0.490 e. The highest BCUT2D eigenvalue weighted by Crippen LogP contribution is 2.15. The second-order valence-electron chi connectivity index (χ2n) is 2.99. The Morgan fingerprint density at radius 2 is 2.00 bits per heavy atom. The predicted molar refractivity (Wildman–Crippen MR) is 53.2 cm³/mol. The zero-order chi connectivity index (χ0) is 10.1. The third-order valence-corrected chi connectivity index (χ3v) is 2.01. The van der Waals surface area contributed by atoms with Crippen molar-refractivity contribution in [3.8, 4) is 5.75 Å². The van der Waals surface area contributed by atoms with Crippen molar-refractivity contribution in [1.29, 1.82) is 0 Å². The predicted octanol–water partition coefficient (Wildman–Crippen LogP) is -0.380. The molecular weight excluding hydrogens is 181 g/mol. The number of nitrogens with zero attached hydrogens (tertiary/aromatic N) is 1.